The number of carbonyl (C=O) groups excluding carboxylic acids is 1. The largest absolute Gasteiger partial charge is 0.492 e. The van der Waals surface area contributed by atoms with Crippen molar-refractivity contribution in [1.82, 2.24) is 34.4 Å². The zero-order valence-corrected chi connectivity index (χ0v) is 21.1. The van der Waals surface area contributed by atoms with Crippen molar-refractivity contribution in [3.63, 3.8) is 0 Å². The number of imidazole rings is 3. The molecule has 0 aliphatic heterocycles. The predicted molar refractivity (Wildman–Crippen MR) is 146 cm³/mol. The number of carbonyl (C=O) groups is 1. The lowest BCUT2D eigenvalue weighted by Crippen LogP contribution is -2.28. The zero-order valence-electron chi connectivity index (χ0n) is 21.1. The molecular weight excluding hydrogens is 478 g/mol. The summed E-state index contributed by atoms with van der Waals surface area (Å²) in [5.74, 6) is 2.25. The number of aromatic amines is 1. The van der Waals surface area contributed by atoms with Crippen LogP contribution in [-0.2, 0) is 7.05 Å². The van der Waals surface area contributed by atoms with Crippen LogP contribution in [0.2, 0.25) is 0 Å². The molecule has 1 amide bonds. The second-order valence-electron chi connectivity index (χ2n) is 9.17. The molecule has 0 radical (unpaired) electrons. The summed E-state index contributed by atoms with van der Waals surface area (Å²) in [4.78, 5) is 30.0. The van der Waals surface area contributed by atoms with Crippen molar-refractivity contribution >= 4 is 28.0 Å². The fourth-order valence-electron chi connectivity index (χ4n) is 4.61. The van der Waals surface area contributed by atoms with E-state index >= 15 is 0 Å². The van der Waals surface area contributed by atoms with Crippen molar-refractivity contribution in [3.8, 4) is 11.4 Å². The van der Waals surface area contributed by atoms with Crippen LogP contribution in [-0.4, -0.2) is 48.1 Å². The molecule has 3 heterocycles. The van der Waals surface area contributed by atoms with E-state index in [0.717, 1.165) is 45.2 Å². The van der Waals surface area contributed by atoms with E-state index in [2.05, 4.69) is 28.3 Å². The average molecular weight is 506 g/mol. The van der Waals surface area contributed by atoms with Gasteiger partial charge in [-0.25, -0.2) is 15.0 Å². The van der Waals surface area contributed by atoms with Crippen molar-refractivity contribution in [2.45, 2.75) is 12.8 Å². The number of rotatable bonds is 8. The smallest absolute Gasteiger partial charge is 0.251 e. The molecule has 3 aromatic heterocycles. The first kappa shape index (κ1) is 23.5. The third kappa shape index (κ3) is 4.50. The van der Waals surface area contributed by atoms with E-state index in [1.165, 1.54) is 0 Å². The number of hydrogen-bond donors (Lipinski definition) is 2. The van der Waals surface area contributed by atoms with E-state index in [1.807, 2.05) is 77.0 Å². The molecule has 9 nitrogen and oxygen atoms in total. The summed E-state index contributed by atoms with van der Waals surface area (Å²) in [6.07, 6.45) is 5.44. The summed E-state index contributed by atoms with van der Waals surface area (Å²) >= 11 is 0. The number of nitrogens with one attached hydrogen (secondary N) is 2. The lowest BCUT2D eigenvalue weighted by molar-refractivity contribution is 0.0947. The number of para-hydroxylation sites is 1. The van der Waals surface area contributed by atoms with Gasteiger partial charge >= 0.3 is 0 Å². The van der Waals surface area contributed by atoms with Gasteiger partial charge in [0, 0.05) is 30.7 Å². The molecule has 0 aliphatic carbocycles. The molecule has 6 aromatic rings. The fourth-order valence-corrected chi connectivity index (χ4v) is 4.61. The number of hydrogen-bond acceptors (Lipinski definition) is 5. The van der Waals surface area contributed by atoms with Gasteiger partial charge in [-0.2, -0.15) is 0 Å². The highest BCUT2D eigenvalue weighted by Crippen LogP contribution is 2.27. The van der Waals surface area contributed by atoms with Gasteiger partial charge in [0.2, 0.25) is 0 Å². The Morgan fingerprint density at radius 1 is 1.05 bits per heavy atom. The van der Waals surface area contributed by atoms with Gasteiger partial charge < -0.3 is 24.2 Å². The molecule has 0 spiro atoms. The molecule has 190 valence electrons. The van der Waals surface area contributed by atoms with Crippen molar-refractivity contribution in [2.24, 2.45) is 7.05 Å². The molecule has 0 bridgehead atoms. The van der Waals surface area contributed by atoms with Crippen LogP contribution in [0, 0.1) is 0 Å². The first-order valence-electron chi connectivity index (χ1n) is 12.5. The quantitative estimate of drug-likeness (QED) is 0.295. The minimum atomic E-state index is -0.148. The maximum absolute atomic E-state index is 12.8. The van der Waals surface area contributed by atoms with Crippen LogP contribution in [0.3, 0.4) is 0 Å². The third-order valence-corrected chi connectivity index (χ3v) is 6.66. The van der Waals surface area contributed by atoms with Crippen molar-refractivity contribution in [2.75, 3.05) is 13.2 Å². The van der Waals surface area contributed by atoms with Gasteiger partial charge in [0.1, 0.15) is 24.0 Å². The van der Waals surface area contributed by atoms with Gasteiger partial charge in [-0.15, -0.1) is 0 Å². The topological polar surface area (TPSA) is 103 Å². The van der Waals surface area contributed by atoms with Crippen LogP contribution < -0.4 is 10.1 Å². The summed E-state index contributed by atoms with van der Waals surface area (Å²) < 4.78 is 9.64. The maximum atomic E-state index is 12.8. The Morgan fingerprint density at radius 2 is 1.89 bits per heavy atom. The van der Waals surface area contributed by atoms with Crippen molar-refractivity contribution < 1.29 is 9.53 Å². The lowest BCUT2D eigenvalue weighted by Gasteiger charge is -2.09. The zero-order chi connectivity index (χ0) is 26.1. The molecule has 0 fully saturated rings. The van der Waals surface area contributed by atoms with E-state index in [0.29, 0.717) is 18.7 Å². The highest BCUT2D eigenvalue weighted by molar-refractivity contribution is 5.97. The Labute approximate surface area is 219 Å². The molecule has 2 N–H and O–H groups in total. The van der Waals surface area contributed by atoms with Crippen molar-refractivity contribution in [3.05, 3.63) is 103 Å². The SMILES string of the molecule is CC(c1nc2ccc(-n3ccnc3)cc2[nH]1)c1nc2ccc(C(=O)NCCOc3ccccc3)cc2n1C. The predicted octanol–water partition coefficient (Wildman–Crippen LogP) is 4.60. The molecular formula is C29H27N7O2. The number of benzene rings is 3. The minimum absolute atomic E-state index is 0.0797. The molecule has 3 aromatic carbocycles. The highest BCUT2D eigenvalue weighted by atomic mass is 16.5. The number of aryl methyl sites for hydroxylation is 1. The van der Waals surface area contributed by atoms with Crippen LogP contribution in [0.1, 0.15) is 34.8 Å². The van der Waals surface area contributed by atoms with Crippen LogP contribution >= 0.6 is 0 Å². The van der Waals surface area contributed by atoms with Gasteiger partial charge in [0.05, 0.1) is 40.9 Å². The number of fused-ring (bicyclic) bond motifs is 2. The number of amides is 1. The fraction of sp³-hybridized carbons (Fsp3) is 0.172. The summed E-state index contributed by atoms with van der Waals surface area (Å²) in [5, 5.41) is 2.92. The van der Waals surface area contributed by atoms with Crippen molar-refractivity contribution in [1.29, 1.82) is 0 Å². The van der Waals surface area contributed by atoms with Gasteiger partial charge in [-0.1, -0.05) is 18.2 Å². The number of ether oxygens (including phenoxy) is 1. The highest BCUT2D eigenvalue weighted by Gasteiger charge is 2.20. The molecule has 6 rings (SSSR count). The van der Waals surface area contributed by atoms with E-state index in [9.17, 15) is 4.79 Å². The van der Waals surface area contributed by atoms with Gasteiger partial charge in [-0.3, -0.25) is 4.79 Å². The number of nitrogens with zero attached hydrogens (tertiary/aromatic N) is 5. The molecule has 0 saturated carbocycles. The van der Waals surface area contributed by atoms with Crippen LogP contribution in [0.5, 0.6) is 5.75 Å². The van der Waals surface area contributed by atoms with Gasteiger partial charge in [-0.05, 0) is 55.5 Å². The summed E-state index contributed by atoms with van der Waals surface area (Å²) in [6.45, 7) is 2.89. The monoisotopic (exact) mass is 505 g/mol. The van der Waals surface area contributed by atoms with Crippen LogP contribution in [0.25, 0.3) is 27.8 Å². The van der Waals surface area contributed by atoms with E-state index in [1.54, 1.807) is 18.6 Å². The number of H-pyrrole nitrogens is 1. The minimum Gasteiger partial charge on any atom is -0.492 e. The molecule has 0 aliphatic rings. The Bertz CT molecular complexity index is 1720. The second-order valence-corrected chi connectivity index (χ2v) is 9.17. The average Bonchev–Trinajstić information content (AvgIpc) is 3.70. The summed E-state index contributed by atoms with van der Waals surface area (Å²) in [7, 11) is 1.97. The van der Waals surface area contributed by atoms with Crippen LogP contribution in [0.4, 0.5) is 0 Å². The molecule has 0 saturated heterocycles. The molecule has 1 atom stereocenters. The van der Waals surface area contributed by atoms with Gasteiger partial charge in [0.15, 0.2) is 0 Å². The molecule has 38 heavy (non-hydrogen) atoms. The summed E-state index contributed by atoms with van der Waals surface area (Å²) in [6, 6.07) is 21.2. The molecule has 1 unspecified atom stereocenters. The Balaban J connectivity index is 1.18. The maximum Gasteiger partial charge on any atom is 0.251 e. The van der Waals surface area contributed by atoms with E-state index < -0.39 is 0 Å². The van der Waals surface area contributed by atoms with Gasteiger partial charge in [0.25, 0.3) is 5.91 Å². The first-order chi connectivity index (χ1) is 18.6. The van der Waals surface area contributed by atoms with E-state index in [4.69, 9.17) is 14.7 Å². The normalized spacial score (nSPS) is 12.2. The standard InChI is InChI=1S/C29H27N7O2/c1-19(27-32-23-11-9-21(17-25(23)33-27)36-14-12-30-18-36)28-34-24-10-8-20(16-26(24)35(28)2)29(37)31-13-15-38-22-6-4-3-5-7-22/h3-12,14,16-19H,13,15H2,1-2H3,(H,31,37)(H,32,33). The first-order valence-corrected chi connectivity index (χ1v) is 12.5. The molecule has 9 heteroatoms. The number of aromatic nitrogens is 6. The Morgan fingerprint density at radius 3 is 2.71 bits per heavy atom. The second kappa shape index (κ2) is 9.85. The lowest BCUT2D eigenvalue weighted by atomic mass is 10.1. The van der Waals surface area contributed by atoms with Crippen LogP contribution in [0.15, 0.2) is 85.5 Å². The third-order valence-electron chi connectivity index (χ3n) is 6.66. The summed E-state index contributed by atoms with van der Waals surface area (Å²) in [5.41, 5.74) is 5.15. The Hall–Kier alpha value is -4.92. The van der Waals surface area contributed by atoms with E-state index in [-0.39, 0.29) is 11.8 Å². The Kier molecular flexibility index (Phi) is 6.09.